The number of anilines is 2. The summed E-state index contributed by atoms with van der Waals surface area (Å²) in [4.78, 5) is 20.5. The van der Waals surface area contributed by atoms with E-state index >= 15 is 0 Å². The molecule has 2 amide bonds. The Kier molecular flexibility index (Phi) is 4.66. The van der Waals surface area contributed by atoms with Gasteiger partial charge in [-0.3, -0.25) is 5.32 Å². The topological polar surface area (TPSA) is 48.5 Å². The van der Waals surface area contributed by atoms with Gasteiger partial charge in [0.05, 0.1) is 10.2 Å². The van der Waals surface area contributed by atoms with Crippen molar-refractivity contribution in [3.63, 3.8) is 0 Å². The Morgan fingerprint density at radius 3 is 2.46 bits per heavy atom. The smallest absolute Gasteiger partial charge is 0.323 e. The first kappa shape index (κ1) is 16.3. The van der Waals surface area contributed by atoms with Gasteiger partial charge in [-0.2, -0.15) is 0 Å². The van der Waals surface area contributed by atoms with E-state index in [1.54, 1.807) is 11.9 Å². The SMILES string of the molecule is CN(Cc1ccc(N(C)C)cc1)C(=O)Nc1nc2ccccc2s1. The van der Waals surface area contributed by atoms with E-state index in [2.05, 4.69) is 22.4 Å². The highest BCUT2D eigenvalue weighted by Gasteiger charge is 2.12. The average molecular weight is 340 g/mol. The Morgan fingerprint density at radius 2 is 1.79 bits per heavy atom. The van der Waals surface area contributed by atoms with Gasteiger partial charge in [0.2, 0.25) is 0 Å². The minimum Gasteiger partial charge on any atom is -0.378 e. The number of nitrogens with one attached hydrogen (secondary N) is 1. The van der Waals surface area contributed by atoms with Gasteiger partial charge >= 0.3 is 6.03 Å². The Balaban J connectivity index is 1.63. The van der Waals surface area contributed by atoms with Crippen LogP contribution in [0.4, 0.5) is 15.6 Å². The Hall–Kier alpha value is -2.60. The molecule has 3 rings (SSSR count). The van der Waals surface area contributed by atoms with Gasteiger partial charge in [0.15, 0.2) is 5.13 Å². The summed E-state index contributed by atoms with van der Waals surface area (Å²) in [5.74, 6) is 0. The number of amides is 2. The fourth-order valence-electron chi connectivity index (χ4n) is 2.36. The summed E-state index contributed by atoms with van der Waals surface area (Å²) < 4.78 is 1.06. The highest BCUT2D eigenvalue weighted by atomic mass is 32.1. The number of thiazole rings is 1. The summed E-state index contributed by atoms with van der Waals surface area (Å²) in [6, 6.07) is 15.9. The minimum atomic E-state index is -0.161. The molecule has 1 heterocycles. The fraction of sp³-hybridized carbons (Fsp3) is 0.222. The lowest BCUT2D eigenvalue weighted by atomic mass is 10.2. The molecule has 2 aromatic carbocycles. The molecule has 0 aliphatic heterocycles. The molecule has 0 spiro atoms. The van der Waals surface area contributed by atoms with Crippen LogP contribution >= 0.6 is 11.3 Å². The highest BCUT2D eigenvalue weighted by molar-refractivity contribution is 7.22. The molecule has 0 unspecified atom stereocenters. The van der Waals surface area contributed by atoms with Crippen molar-refractivity contribution < 1.29 is 4.79 Å². The van der Waals surface area contributed by atoms with Crippen LogP contribution in [0, 0.1) is 0 Å². The summed E-state index contributed by atoms with van der Waals surface area (Å²) in [7, 11) is 5.79. The van der Waals surface area contributed by atoms with E-state index in [9.17, 15) is 4.79 Å². The van der Waals surface area contributed by atoms with Crippen molar-refractivity contribution in [1.82, 2.24) is 9.88 Å². The number of fused-ring (bicyclic) bond motifs is 1. The lowest BCUT2D eigenvalue weighted by molar-refractivity contribution is 0.220. The predicted molar refractivity (Wildman–Crippen MR) is 101 cm³/mol. The first-order valence-corrected chi connectivity index (χ1v) is 8.48. The Bertz CT molecular complexity index is 809. The second-order valence-electron chi connectivity index (χ2n) is 5.83. The maximum absolute atomic E-state index is 12.3. The second-order valence-corrected chi connectivity index (χ2v) is 6.86. The van der Waals surface area contributed by atoms with Gasteiger partial charge < -0.3 is 9.80 Å². The van der Waals surface area contributed by atoms with Crippen molar-refractivity contribution in [2.24, 2.45) is 0 Å². The third kappa shape index (κ3) is 3.65. The van der Waals surface area contributed by atoms with Crippen LogP contribution in [0.5, 0.6) is 0 Å². The summed E-state index contributed by atoms with van der Waals surface area (Å²) in [6.45, 7) is 0.546. The van der Waals surface area contributed by atoms with Crippen LogP contribution in [0.15, 0.2) is 48.5 Å². The molecular formula is C18H20N4OS. The molecule has 0 fully saturated rings. The van der Waals surface area contributed by atoms with E-state index in [4.69, 9.17) is 0 Å². The van der Waals surface area contributed by atoms with Crippen LogP contribution < -0.4 is 10.2 Å². The van der Waals surface area contributed by atoms with Crippen LogP contribution in [-0.2, 0) is 6.54 Å². The van der Waals surface area contributed by atoms with Gasteiger partial charge in [-0.1, -0.05) is 35.6 Å². The lowest BCUT2D eigenvalue weighted by Crippen LogP contribution is -2.30. The third-order valence-electron chi connectivity index (χ3n) is 3.73. The van der Waals surface area contributed by atoms with Crippen LogP contribution in [0.25, 0.3) is 10.2 Å². The molecule has 0 atom stereocenters. The molecule has 3 aromatic rings. The molecule has 24 heavy (non-hydrogen) atoms. The normalized spacial score (nSPS) is 10.6. The maximum atomic E-state index is 12.3. The van der Waals surface area contributed by atoms with E-state index in [-0.39, 0.29) is 6.03 Å². The van der Waals surface area contributed by atoms with E-state index in [0.717, 1.165) is 21.5 Å². The van der Waals surface area contributed by atoms with Crippen molar-refractivity contribution in [2.75, 3.05) is 31.4 Å². The van der Waals surface area contributed by atoms with E-state index in [0.29, 0.717) is 11.7 Å². The van der Waals surface area contributed by atoms with Gasteiger partial charge in [-0.25, -0.2) is 9.78 Å². The molecule has 0 saturated carbocycles. The Labute approximate surface area is 145 Å². The van der Waals surface area contributed by atoms with Crippen molar-refractivity contribution in [2.45, 2.75) is 6.54 Å². The van der Waals surface area contributed by atoms with Crippen molar-refractivity contribution >= 4 is 38.4 Å². The molecule has 0 saturated heterocycles. The van der Waals surface area contributed by atoms with Gasteiger partial charge in [0.25, 0.3) is 0 Å². The average Bonchev–Trinajstić information content (AvgIpc) is 2.97. The zero-order chi connectivity index (χ0) is 17.1. The fourth-order valence-corrected chi connectivity index (χ4v) is 3.21. The third-order valence-corrected chi connectivity index (χ3v) is 4.68. The molecular weight excluding hydrogens is 320 g/mol. The molecule has 5 nitrogen and oxygen atoms in total. The standard InChI is InChI=1S/C18H20N4OS/c1-21(2)14-10-8-13(9-11-14)12-22(3)18(23)20-17-19-15-6-4-5-7-16(15)24-17/h4-11H,12H2,1-3H3,(H,19,20,23). The molecule has 6 heteroatoms. The number of nitrogens with zero attached hydrogens (tertiary/aromatic N) is 3. The molecule has 0 aliphatic carbocycles. The molecule has 0 radical (unpaired) electrons. The van der Waals surface area contributed by atoms with Crippen molar-refractivity contribution in [3.8, 4) is 0 Å². The van der Waals surface area contributed by atoms with Gasteiger partial charge in [-0.15, -0.1) is 0 Å². The molecule has 0 bridgehead atoms. The van der Waals surface area contributed by atoms with Gasteiger partial charge in [0.1, 0.15) is 0 Å². The molecule has 0 aliphatic rings. The predicted octanol–water partition coefficient (Wildman–Crippen LogP) is 4.03. The largest absolute Gasteiger partial charge is 0.378 e. The number of carbonyl (C=O) groups excluding carboxylic acids is 1. The van der Waals surface area contributed by atoms with Crippen molar-refractivity contribution in [3.05, 3.63) is 54.1 Å². The van der Waals surface area contributed by atoms with E-state index in [1.807, 2.05) is 55.4 Å². The van der Waals surface area contributed by atoms with E-state index in [1.165, 1.54) is 11.3 Å². The number of hydrogen-bond donors (Lipinski definition) is 1. The number of rotatable bonds is 4. The van der Waals surface area contributed by atoms with Gasteiger partial charge in [0, 0.05) is 33.4 Å². The highest BCUT2D eigenvalue weighted by Crippen LogP contribution is 2.25. The van der Waals surface area contributed by atoms with E-state index < -0.39 is 0 Å². The van der Waals surface area contributed by atoms with Crippen LogP contribution in [0.2, 0.25) is 0 Å². The monoisotopic (exact) mass is 340 g/mol. The number of carbonyl (C=O) groups is 1. The van der Waals surface area contributed by atoms with Crippen molar-refractivity contribution in [1.29, 1.82) is 0 Å². The zero-order valence-corrected chi connectivity index (χ0v) is 14.8. The zero-order valence-electron chi connectivity index (χ0n) is 14.0. The summed E-state index contributed by atoms with van der Waals surface area (Å²) >= 11 is 1.48. The first-order valence-electron chi connectivity index (χ1n) is 7.67. The lowest BCUT2D eigenvalue weighted by Gasteiger charge is -2.18. The summed E-state index contributed by atoms with van der Waals surface area (Å²) in [5.41, 5.74) is 3.13. The van der Waals surface area contributed by atoms with Crippen LogP contribution in [0.1, 0.15) is 5.56 Å². The first-order chi connectivity index (χ1) is 11.5. The number of urea groups is 1. The van der Waals surface area contributed by atoms with Crippen LogP contribution in [-0.4, -0.2) is 37.1 Å². The molecule has 1 N–H and O–H groups in total. The number of hydrogen-bond acceptors (Lipinski definition) is 4. The van der Waals surface area contributed by atoms with Crippen LogP contribution in [0.3, 0.4) is 0 Å². The second kappa shape index (κ2) is 6.88. The summed E-state index contributed by atoms with van der Waals surface area (Å²) in [5, 5.41) is 3.49. The van der Waals surface area contributed by atoms with Gasteiger partial charge in [-0.05, 0) is 29.8 Å². The maximum Gasteiger partial charge on any atom is 0.323 e. The number of aromatic nitrogens is 1. The Morgan fingerprint density at radius 1 is 1.08 bits per heavy atom. The molecule has 1 aromatic heterocycles. The summed E-state index contributed by atoms with van der Waals surface area (Å²) in [6.07, 6.45) is 0. The number of benzene rings is 2. The molecule has 124 valence electrons. The number of para-hydroxylation sites is 1. The minimum absolute atomic E-state index is 0.161. The quantitative estimate of drug-likeness (QED) is 0.780.